The van der Waals surface area contributed by atoms with Gasteiger partial charge in [0.05, 0.1) is 37.2 Å². The van der Waals surface area contributed by atoms with Crippen molar-refractivity contribution in [1.29, 1.82) is 0 Å². The van der Waals surface area contributed by atoms with Crippen molar-refractivity contribution in [3.8, 4) is 11.3 Å². The Morgan fingerprint density at radius 2 is 1.74 bits per heavy atom. The van der Waals surface area contributed by atoms with E-state index >= 15 is 0 Å². The number of hydrogen-bond acceptors (Lipinski definition) is 8. The van der Waals surface area contributed by atoms with E-state index in [0.717, 1.165) is 52.3 Å². The van der Waals surface area contributed by atoms with Crippen LogP contribution in [0.1, 0.15) is 5.56 Å². The maximum absolute atomic E-state index is 5.56. The normalized spacial score (nSPS) is 15.9. The number of morpholine rings is 1. The van der Waals surface area contributed by atoms with E-state index in [2.05, 4.69) is 38.5 Å². The van der Waals surface area contributed by atoms with Crippen LogP contribution in [0, 0.1) is 0 Å². The number of hydrogen-bond donors (Lipinski definition) is 1. The van der Waals surface area contributed by atoms with Crippen LogP contribution in [-0.2, 0) is 16.5 Å². The van der Waals surface area contributed by atoms with Gasteiger partial charge in [0.25, 0.3) is 0 Å². The molecular weight excluding hydrogens is 430 g/mol. The Morgan fingerprint density at radius 1 is 0.912 bits per heavy atom. The van der Waals surface area contributed by atoms with Gasteiger partial charge >= 0.3 is 0 Å². The predicted octanol–water partition coefficient (Wildman–Crippen LogP) is 3.39. The van der Waals surface area contributed by atoms with Crippen LogP contribution in [0.25, 0.3) is 22.2 Å². The number of fused-ring (bicyclic) bond motifs is 1. The molecule has 1 fully saturated rings. The predicted molar refractivity (Wildman–Crippen MR) is 132 cm³/mol. The maximum atomic E-state index is 5.56. The van der Waals surface area contributed by atoms with Crippen molar-refractivity contribution < 1.29 is 9.47 Å². The fraction of sp³-hybridized carbons (Fsp3) is 0.280. The van der Waals surface area contributed by atoms with Crippen LogP contribution >= 0.6 is 0 Å². The van der Waals surface area contributed by atoms with Gasteiger partial charge in [-0.05, 0) is 30.3 Å². The molecule has 9 nitrogen and oxygen atoms in total. The highest BCUT2D eigenvalue weighted by Gasteiger charge is 2.17. The summed E-state index contributed by atoms with van der Waals surface area (Å²) >= 11 is 0. The Hall–Kier alpha value is -3.98. The molecule has 1 N–H and O–H groups in total. The van der Waals surface area contributed by atoms with E-state index in [1.54, 1.807) is 0 Å². The number of nitrogens with one attached hydrogen (secondary N) is 1. The van der Waals surface area contributed by atoms with Crippen LogP contribution in [-0.4, -0.2) is 65.1 Å². The summed E-state index contributed by atoms with van der Waals surface area (Å²) in [4.78, 5) is 16.3. The van der Waals surface area contributed by atoms with E-state index in [1.165, 1.54) is 0 Å². The second kappa shape index (κ2) is 8.75. The highest BCUT2D eigenvalue weighted by atomic mass is 16.5. The summed E-state index contributed by atoms with van der Waals surface area (Å²) in [5.74, 6) is 2.13. The minimum absolute atomic E-state index is 0.647. The molecule has 0 spiro atoms. The van der Waals surface area contributed by atoms with Crippen LogP contribution in [0.4, 0.5) is 17.5 Å². The minimum Gasteiger partial charge on any atom is -0.476 e. The molecule has 1 saturated heterocycles. The molecule has 0 saturated carbocycles. The molecule has 9 heteroatoms. The van der Waals surface area contributed by atoms with E-state index in [9.17, 15) is 0 Å². The second-order valence-electron chi connectivity index (χ2n) is 8.32. The first-order valence-corrected chi connectivity index (χ1v) is 11.4. The molecule has 2 aromatic heterocycles. The SMILES string of the molecule is Cn1ncc2ccc(-c3cc(Nc4ccc(C5=NCCO5)cc4)nc(N4CCOCC4)n3)cc21. The highest BCUT2D eigenvalue weighted by Crippen LogP contribution is 2.28. The number of benzene rings is 2. The highest BCUT2D eigenvalue weighted by molar-refractivity contribution is 5.95. The summed E-state index contributed by atoms with van der Waals surface area (Å²) in [7, 11) is 1.95. The first-order valence-electron chi connectivity index (χ1n) is 11.4. The van der Waals surface area contributed by atoms with E-state index in [0.29, 0.717) is 38.2 Å². The lowest BCUT2D eigenvalue weighted by atomic mass is 10.1. The van der Waals surface area contributed by atoms with Gasteiger partial charge in [0.15, 0.2) is 0 Å². The number of aliphatic imine (C=N–C) groups is 1. The number of anilines is 3. The fourth-order valence-corrected chi connectivity index (χ4v) is 4.21. The van der Waals surface area contributed by atoms with Gasteiger partial charge in [-0.1, -0.05) is 12.1 Å². The van der Waals surface area contributed by atoms with Gasteiger partial charge in [0.2, 0.25) is 11.8 Å². The summed E-state index contributed by atoms with van der Waals surface area (Å²) in [6.07, 6.45) is 1.87. The third-order valence-corrected chi connectivity index (χ3v) is 6.04. The molecule has 4 aromatic rings. The van der Waals surface area contributed by atoms with Crippen molar-refractivity contribution >= 4 is 34.3 Å². The molecule has 0 aliphatic carbocycles. The van der Waals surface area contributed by atoms with Crippen molar-refractivity contribution in [1.82, 2.24) is 19.7 Å². The number of ether oxygens (including phenoxy) is 2. The molecular formula is C25H25N7O2. The largest absolute Gasteiger partial charge is 0.476 e. The Balaban J connectivity index is 1.35. The van der Waals surface area contributed by atoms with Crippen molar-refractivity contribution in [3.05, 3.63) is 60.3 Å². The topological polar surface area (TPSA) is 89.7 Å². The average Bonchev–Trinajstić information content (AvgIpc) is 3.55. The van der Waals surface area contributed by atoms with Gasteiger partial charge in [-0.3, -0.25) is 4.68 Å². The van der Waals surface area contributed by atoms with Gasteiger partial charge in [-0.2, -0.15) is 10.1 Å². The van der Waals surface area contributed by atoms with Crippen LogP contribution < -0.4 is 10.2 Å². The molecule has 34 heavy (non-hydrogen) atoms. The van der Waals surface area contributed by atoms with Gasteiger partial charge in [-0.25, -0.2) is 9.98 Å². The van der Waals surface area contributed by atoms with Crippen molar-refractivity contribution in [2.24, 2.45) is 12.0 Å². The average molecular weight is 456 g/mol. The first kappa shape index (κ1) is 20.6. The van der Waals surface area contributed by atoms with Crippen LogP contribution in [0.5, 0.6) is 0 Å². The third-order valence-electron chi connectivity index (χ3n) is 6.04. The van der Waals surface area contributed by atoms with E-state index in [1.807, 2.05) is 48.3 Å². The van der Waals surface area contributed by atoms with Crippen molar-refractivity contribution in [2.75, 3.05) is 49.7 Å². The molecule has 4 heterocycles. The fourth-order valence-electron chi connectivity index (χ4n) is 4.21. The summed E-state index contributed by atoms with van der Waals surface area (Å²) in [5.41, 5.74) is 4.84. The van der Waals surface area contributed by atoms with Crippen molar-refractivity contribution in [2.45, 2.75) is 0 Å². The second-order valence-corrected chi connectivity index (χ2v) is 8.32. The smallest absolute Gasteiger partial charge is 0.228 e. The Kier molecular flexibility index (Phi) is 5.31. The number of aryl methyl sites for hydroxylation is 1. The quantitative estimate of drug-likeness (QED) is 0.493. The van der Waals surface area contributed by atoms with Crippen LogP contribution in [0.3, 0.4) is 0 Å². The molecule has 172 valence electrons. The zero-order valence-electron chi connectivity index (χ0n) is 18.9. The zero-order valence-corrected chi connectivity index (χ0v) is 18.9. The molecule has 0 bridgehead atoms. The Morgan fingerprint density at radius 3 is 2.53 bits per heavy atom. The third kappa shape index (κ3) is 4.06. The van der Waals surface area contributed by atoms with Crippen LogP contribution in [0.2, 0.25) is 0 Å². The van der Waals surface area contributed by atoms with Gasteiger partial charge in [-0.15, -0.1) is 0 Å². The van der Waals surface area contributed by atoms with Crippen LogP contribution in [0.15, 0.2) is 59.7 Å². The molecule has 0 atom stereocenters. The minimum atomic E-state index is 0.647. The zero-order chi connectivity index (χ0) is 22.9. The summed E-state index contributed by atoms with van der Waals surface area (Å²) in [6, 6.07) is 16.3. The first-order chi connectivity index (χ1) is 16.7. The van der Waals surface area contributed by atoms with Gasteiger partial charge in [0, 0.05) is 48.4 Å². The van der Waals surface area contributed by atoms with Gasteiger partial charge in [0.1, 0.15) is 12.4 Å². The number of rotatable bonds is 5. The molecule has 2 aliphatic rings. The number of aromatic nitrogens is 4. The summed E-state index contributed by atoms with van der Waals surface area (Å²) in [5, 5.41) is 8.91. The lowest BCUT2D eigenvalue weighted by Crippen LogP contribution is -2.37. The molecule has 6 rings (SSSR count). The van der Waals surface area contributed by atoms with E-state index in [-0.39, 0.29) is 0 Å². The molecule has 0 amide bonds. The molecule has 2 aliphatic heterocycles. The molecule has 0 radical (unpaired) electrons. The van der Waals surface area contributed by atoms with E-state index < -0.39 is 0 Å². The number of nitrogens with zero attached hydrogens (tertiary/aromatic N) is 6. The van der Waals surface area contributed by atoms with Crippen molar-refractivity contribution in [3.63, 3.8) is 0 Å². The standard InChI is InChI=1S/C25H25N7O2/c1-31-22-14-18(2-3-19(22)16-27-31)21-15-23(30-25(29-21)32-9-12-33-13-10-32)28-20-6-4-17(5-7-20)24-26-8-11-34-24/h2-7,14-16H,8-13H2,1H3,(H,28,29,30). The van der Waals surface area contributed by atoms with E-state index in [4.69, 9.17) is 19.4 Å². The monoisotopic (exact) mass is 455 g/mol. The Labute approximate surface area is 197 Å². The lowest BCUT2D eigenvalue weighted by molar-refractivity contribution is 0.122. The molecule has 2 aromatic carbocycles. The van der Waals surface area contributed by atoms with Gasteiger partial charge < -0.3 is 19.7 Å². The summed E-state index contributed by atoms with van der Waals surface area (Å²) < 4.78 is 13.0. The summed E-state index contributed by atoms with van der Waals surface area (Å²) in [6.45, 7) is 4.23. The molecule has 0 unspecified atom stereocenters. The maximum Gasteiger partial charge on any atom is 0.228 e. The Bertz CT molecular complexity index is 1360. The lowest BCUT2D eigenvalue weighted by Gasteiger charge is -2.27.